The van der Waals surface area contributed by atoms with Gasteiger partial charge in [-0.3, -0.25) is 4.79 Å². The lowest BCUT2D eigenvalue weighted by atomic mass is 9.81. The molecule has 2 fully saturated rings. The third kappa shape index (κ3) is 2.54. The lowest BCUT2D eigenvalue weighted by Gasteiger charge is -2.31. The summed E-state index contributed by atoms with van der Waals surface area (Å²) in [4.78, 5) is 11.7. The SMILES string of the molecule is Cc1ccc([C@@]2(CC3CCCC3)CCC(=O)O2)cc1. The van der Waals surface area contributed by atoms with Gasteiger partial charge in [-0.2, -0.15) is 0 Å². The molecule has 0 aromatic heterocycles. The monoisotopic (exact) mass is 258 g/mol. The van der Waals surface area contributed by atoms with Crippen LogP contribution in [0.2, 0.25) is 0 Å². The minimum Gasteiger partial charge on any atom is -0.454 e. The molecule has 1 saturated heterocycles. The van der Waals surface area contributed by atoms with Crippen molar-refractivity contribution in [1.29, 1.82) is 0 Å². The molecule has 1 aliphatic heterocycles. The Bertz CT molecular complexity index is 457. The highest BCUT2D eigenvalue weighted by Gasteiger charge is 2.43. The molecule has 2 nitrogen and oxygen atoms in total. The van der Waals surface area contributed by atoms with Gasteiger partial charge in [0.05, 0.1) is 0 Å². The number of ether oxygens (including phenoxy) is 1. The first-order valence-electron chi connectivity index (χ1n) is 7.47. The summed E-state index contributed by atoms with van der Waals surface area (Å²) in [5, 5.41) is 0. The number of carbonyl (C=O) groups is 1. The minimum atomic E-state index is -0.334. The Morgan fingerprint density at radius 1 is 1.21 bits per heavy atom. The van der Waals surface area contributed by atoms with Crippen molar-refractivity contribution < 1.29 is 9.53 Å². The number of benzene rings is 1. The molecule has 0 spiro atoms. The average Bonchev–Trinajstić information content (AvgIpc) is 3.01. The quantitative estimate of drug-likeness (QED) is 0.763. The van der Waals surface area contributed by atoms with Gasteiger partial charge >= 0.3 is 5.97 Å². The Morgan fingerprint density at radius 2 is 1.89 bits per heavy atom. The fraction of sp³-hybridized carbons (Fsp3) is 0.588. The van der Waals surface area contributed by atoms with Gasteiger partial charge in [0.25, 0.3) is 0 Å². The van der Waals surface area contributed by atoms with E-state index in [-0.39, 0.29) is 11.6 Å². The van der Waals surface area contributed by atoms with Crippen molar-refractivity contribution >= 4 is 5.97 Å². The van der Waals surface area contributed by atoms with Gasteiger partial charge < -0.3 is 4.74 Å². The van der Waals surface area contributed by atoms with Gasteiger partial charge in [0.1, 0.15) is 5.60 Å². The maximum absolute atomic E-state index is 11.7. The second-order valence-corrected chi connectivity index (χ2v) is 6.19. The van der Waals surface area contributed by atoms with E-state index in [9.17, 15) is 4.79 Å². The van der Waals surface area contributed by atoms with Crippen molar-refractivity contribution in [3.63, 3.8) is 0 Å². The van der Waals surface area contributed by atoms with E-state index >= 15 is 0 Å². The van der Waals surface area contributed by atoms with Crippen molar-refractivity contribution in [2.75, 3.05) is 0 Å². The van der Waals surface area contributed by atoms with Crippen LogP contribution in [0.15, 0.2) is 24.3 Å². The molecule has 1 saturated carbocycles. The summed E-state index contributed by atoms with van der Waals surface area (Å²) in [6.07, 6.45) is 7.70. The van der Waals surface area contributed by atoms with Crippen LogP contribution in [0.5, 0.6) is 0 Å². The molecule has 1 aromatic carbocycles. The fourth-order valence-electron chi connectivity index (χ4n) is 3.63. The van der Waals surface area contributed by atoms with Crippen LogP contribution in [0.4, 0.5) is 0 Å². The van der Waals surface area contributed by atoms with Crippen molar-refractivity contribution in [1.82, 2.24) is 0 Å². The van der Waals surface area contributed by atoms with Gasteiger partial charge in [0.15, 0.2) is 0 Å². The Balaban J connectivity index is 1.87. The number of carbonyl (C=O) groups excluding carboxylic acids is 1. The van der Waals surface area contributed by atoms with E-state index in [1.54, 1.807) is 0 Å². The Kier molecular flexibility index (Phi) is 3.34. The summed E-state index contributed by atoms with van der Waals surface area (Å²) >= 11 is 0. The van der Waals surface area contributed by atoms with E-state index in [2.05, 4.69) is 31.2 Å². The molecule has 3 rings (SSSR count). The van der Waals surface area contributed by atoms with Crippen molar-refractivity contribution in [3.05, 3.63) is 35.4 Å². The maximum atomic E-state index is 11.7. The Hall–Kier alpha value is -1.31. The highest BCUT2D eigenvalue weighted by Crippen LogP contribution is 2.45. The largest absolute Gasteiger partial charge is 0.454 e. The molecular formula is C17H22O2. The zero-order chi connectivity index (χ0) is 13.3. The smallest absolute Gasteiger partial charge is 0.306 e. The zero-order valence-electron chi connectivity index (χ0n) is 11.7. The van der Waals surface area contributed by atoms with E-state index in [0.29, 0.717) is 6.42 Å². The average molecular weight is 258 g/mol. The Labute approximate surface area is 115 Å². The van der Waals surface area contributed by atoms with Gasteiger partial charge in [0, 0.05) is 12.8 Å². The molecule has 19 heavy (non-hydrogen) atoms. The molecule has 0 radical (unpaired) electrons. The maximum Gasteiger partial charge on any atom is 0.306 e. The predicted molar refractivity (Wildman–Crippen MR) is 74.8 cm³/mol. The van der Waals surface area contributed by atoms with Gasteiger partial charge in [-0.05, 0) is 24.8 Å². The third-order valence-electron chi connectivity index (χ3n) is 4.71. The van der Waals surface area contributed by atoms with Crippen LogP contribution in [0.3, 0.4) is 0 Å². The first-order chi connectivity index (χ1) is 9.18. The van der Waals surface area contributed by atoms with Crippen LogP contribution >= 0.6 is 0 Å². The van der Waals surface area contributed by atoms with Gasteiger partial charge in [-0.1, -0.05) is 55.5 Å². The molecule has 1 aromatic rings. The molecule has 2 aliphatic rings. The molecule has 0 amide bonds. The fourth-order valence-corrected chi connectivity index (χ4v) is 3.63. The molecule has 102 valence electrons. The molecule has 2 heteroatoms. The lowest BCUT2D eigenvalue weighted by Crippen LogP contribution is -2.28. The van der Waals surface area contributed by atoms with Crippen LogP contribution in [-0.2, 0) is 15.1 Å². The summed E-state index contributed by atoms with van der Waals surface area (Å²) in [6.45, 7) is 2.09. The minimum absolute atomic E-state index is 0.0291. The van der Waals surface area contributed by atoms with Gasteiger partial charge in [-0.25, -0.2) is 0 Å². The second-order valence-electron chi connectivity index (χ2n) is 6.19. The van der Waals surface area contributed by atoms with Gasteiger partial charge in [-0.15, -0.1) is 0 Å². The standard InChI is InChI=1S/C17H22O2/c1-13-6-8-15(9-7-13)17(11-10-16(18)19-17)12-14-4-2-3-5-14/h6-9,14H,2-5,10-12H2,1H3/t17-/m0/s1. The number of aryl methyl sites for hydroxylation is 1. The second kappa shape index (κ2) is 4.99. The van der Waals surface area contributed by atoms with E-state index in [1.807, 2.05) is 0 Å². The normalized spacial score (nSPS) is 27.7. The number of rotatable bonds is 3. The lowest BCUT2D eigenvalue weighted by molar-refractivity contribution is -0.150. The molecular weight excluding hydrogens is 236 g/mol. The summed E-state index contributed by atoms with van der Waals surface area (Å²) in [5.74, 6) is 0.700. The van der Waals surface area contributed by atoms with E-state index < -0.39 is 0 Å². The van der Waals surface area contributed by atoms with E-state index in [0.717, 1.165) is 18.8 Å². The van der Waals surface area contributed by atoms with E-state index in [4.69, 9.17) is 4.74 Å². The summed E-state index contributed by atoms with van der Waals surface area (Å²) < 4.78 is 5.80. The van der Waals surface area contributed by atoms with Gasteiger partial charge in [0.2, 0.25) is 0 Å². The molecule has 0 unspecified atom stereocenters. The number of esters is 1. The van der Waals surface area contributed by atoms with E-state index in [1.165, 1.54) is 36.8 Å². The number of hydrogen-bond acceptors (Lipinski definition) is 2. The molecule has 0 N–H and O–H groups in total. The Morgan fingerprint density at radius 3 is 2.47 bits per heavy atom. The predicted octanol–water partition coefficient (Wildman–Crippen LogP) is 4.11. The topological polar surface area (TPSA) is 26.3 Å². The third-order valence-corrected chi connectivity index (χ3v) is 4.71. The van der Waals surface area contributed by atoms with Crippen molar-refractivity contribution in [2.24, 2.45) is 5.92 Å². The molecule has 1 aliphatic carbocycles. The van der Waals surface area contributed by atoms with Crippen LogP contribution in [-0.4, -0.2) is 5.97 Å². The molecule has 1 atom stereocenters. The molecule has 0 bridgehead atoms. The zero-order valence-corrected chi connectivity index (χ0v) is 11.7. The van der Waals surface area contributed by atoms with Crippen LogP contribution in [0.1, 0.15) is 56.1 Å². The van der Waals surface area contributed by atoms with Crippen LogP contribution in [0, 0.1) is 12.8 Å². The van der Waals surface area contributed by atoms with Crippen molar-refractivity contribution in [3.8, 4) is 0 Å². The summed E-state index contributed by atoms with van der Waals surface area (Å²) in [6, 6.07) is 8.53. The van der Waals surface area contributed by atoms with Crippen molar-refractivity contribution in [2.45, 2.75) is 57.5 Å². The highest BCUT2D eigenvalue weighted by molar-refractivity contribution is 5.72. The highest BCUT2D eigenvalue weighted by atomic mass is 16.6. The first kappa shape index (κ1) is 12.7. The number of cyclic esters (lactones) is 1. The number of hydrogen-bond donors (Lipinski definition) is 0. The van der Waals surface area contributed by atoms with Crippen LogP contribution in [0.25, 0.3) is 0 Å². The van der Waals surface area contributed by atoms with Crippen LogP contribution < -0.4 is 0 Å². The molecule has 1 heterocycles. The summed E-state index contributed by atoms with van der Waals surface area (Å²) in [7, 11) is 0. The first-order valence-corrected chi connectivity index (χ1v) is 7.47. The summed E-state index contributed by atoms with van der Waals surface area (Å²) in [5.41, 5.74) is 2.11.